The van der Waals surface area contributed by atoms with Gasteiger partial charge < -0.3 is 11.1 Å². The molecular weight excluding hydrogens is 222 g/mol. The monoisotopic (exact) mass is 239 g/mol. The fraction of sp³-hybridized carbons (Fsp3) is 0.727. The summed E-state index contributed by atoms with van der Waals surface area (Å²) >= 11 is 0. The largest absolute Gasteiger partial charge is 0.368 e. The van der Waals surface area contributed by atoms with Gasteiger partial charge in [-0.15, -0.1) is 0 Å². The van der Waals surface area contributed by atoms with Crippen LogP contribution < -0.4 is 11.1 Å². The predicted molar refractivity (Wildman–Crippen MR) is 59.6 cm³/mol. The topological polar surface area (TPSA) is 92.5 Å². The number of likely N-dealkylation sites (N-methyl/N-ethyl adjacent to an activating group) is 1. The quantitative estimate of drug-likeness (QED) is 0.592. The highest BCUT2D eigenvalue weighted by molar-refractivity contribution is 6.09. The first-order valence-electron chi connectivity index (χ1n) is 5.81. The average Bonchev–Trinajstić information content (AvgIpc) is 2.99. The second kappa shape index (κ2) is 3.80. The van der Waals surface area contributed by atoms with E-state index < -0.39 is 11.4 Å². The van der Waals surface area contributed by atoms with Crippen LogP contribution >= 0.6 is 0 Å². The molecule has 0 radical (unpaired) electrons. The van der Waals surface area contributed by atoms with Crippen molar-refractivity contribution in [1.82, 2.24) is 10.2 Å². The van der Waals surface area contributed by atoms with Gasteiger partial charge in [-0.2, -0.15) is 0 Å². The normalized spacial score (nSPS) is 30.1. The van der Waals surface area contributed by atoms with E-state index in [1.54, 1.807) is 6.92 Å². The molecule has 2 fully saturated rings. The fourth-order valence-corrected chi connectivity index (χ4v) is 2.33. The third kappa shape index (κ3) is 1.82. The lowest BCUT2D eigenvalue weighted by atomic mass is 10.0. The zero-order valence-electron chi connectivity index (χ0n) is 10.0. The van der Waals surface area contributed by atoms with Crippen molar-refractivity contribution < 1.29 is 14.4 Å². The Bertz CT molecular complexity index is 375. The number of likely N-dealkylation sites (tertiary alicyclic amines) is 1. The summed E-state index contributed by atoms with van der Waals surface area (Å²) in [6.45, 7) is 4.03. The minimum absolute atomic E-state index is 0.0286. The number of carbonyl (C=O) groups is 3. The molecule has 0 bridgehead atoms. The molecule has 1 heterocycles. The van der Waals surface area contributed by atoms with Crippen molar-refractivity contribution in [2.45, 2.75) is 25.8 Å². The molecule has 2 aliphatic rings. The van der Waals surface area contributed by atoms with Gasteiger partial charge in [0.25, 0.3) is 0 Å². The predicted octanol–water partition coefficient (Wildman–Crippen LogP) is -1.16. The van der Waals surface area contributed by atoms with Crippen LogP contribution in [0.5, 0.6) is 0 Å². The third-order valence-electron chi connectivity index (χ3n) is 3.54. The highest BCUT2D eigenvalue weighted by atomic mass is 16.2. The van der Waals surface area contributed by atoms with Crippen LogP contribution in [0.4, 0.5) is 0 Å². The van der Waals surface area contributed by atoms with E-state index >= 15 is 0 Å². The molecule has 6 heteroatoms. The molecule has 0 aromatic carbocycles. The first-order valence-corrected chi connectivity index (χ1v) is 5.81. The second-order valence-electron chi connectivity index (χ2n) is 4.94. The number of nitrogens with zero attached hydrogens (tertiary/aromatic N) is 1. The standard InChI is InChI=1S/C11H17N3O3/c1-3-13-11(2,10(12)17)5-14-8(15)6-4-7(6)9(14)16/h6-7,13H,3-5H2,1-2H3,(H2,12,17). The smallest absolute Gasteiger partial charge is 0.239 e. The van der Waals surface area contributed by atoms with Gasteiger partial charge in [0, 0.05) is 0 Å². The maximum absolute atomic E-state index is 11.8. The second-order valence-corrected chi connectivity index (χ2v) is 4.94. The molecule has 1 aliphatic carbocycles. The lowest BCUT2D eigenvalue weighted by Gasteiger charge is -2.31. The lowest BCUT2D eigenvalue weighted by Crippen LogP contribution is -2.60. The summed E-state index contributed by atoms with van der Waals surface area (Å²) in [6.07, 6.45) is 0.669. The molecular formula is C11H17N3O3. The molecule has 3 amide bonds. The Labute approximate surface area is 99.5 Å². The van der Waals surface area contributed by atoms with Gasteiger partial charge in [-0.3, -0.25) is 19.3 Å². The maximum Gasteiger partial charge on any atom is 0.239 e. The van der Waals surface area contributed by atoms with Crippen molar-refractivity contribution in [3.63, 3.8) is 0 Å². The summed E-state index contributed by atoms with van der Waals surface area (Å²) in [5.41, 5.74) is 4.28. The number of primary amides is 1. The number of imide groups is 1. The van der Waals surface area contributed by atoms with Crippen LogP contribution in [0.3, 0.4) is 0 Å². The first-order chi connectivity index (χ1) is 7.90. The van der Waals surface area contributed by atoms with E-state index in [-0.39, 0.29) is 30.2 Å². The molecule has 1 saturated heterocycles. The van der Waals surface area contributed by atoms with Crippen molar-refractivity contribution >= 4 is 17.7 Å². The minimum Gasteiger partial charge on any atom is -0.368 e. The van der Waals surface area contributed by atoms with Gasteiger partial charge in [0.15, 0.2) is 0 Å². The molecule has 2 rings (SSSR count). The van der Waals surface area contributed by atoms with Gasteiger partial charge in [0.05, 0.1) is 18.4 Å². The van der Waals surface area contributed by atoms with Gasteiger partial charge >= 0.3 is 0 Å². The molecule has 0 aromatic rings. The van der Waals surface area contributed by atoms with Crippen LogP contribution in [0.1, 0.15) is 20.3 Å². The summed E-state index contributed by atoms with van der Waals surface area (Å²) in [6, 6.07) is 0. The molecule has 6 nitrogen and oxygen atoms in total. The van der Waals surface area contributed by atoms with Crippen LogP contribution in [-0.4, -0.2) is 41.2 Å². The van der Waals surface area contributed by atoms with Crippen molar-refractivity contribution in [2.75, 3.05) is 13.1 Å². The Kier molecular flexibility index (Phi) is 2.69. The van der Waals surface area contributed by atoms with Gasteiger partial charge in [0.2, 0.25) is 17.7 Å². The van der Waals surface area contributed by atoms with Crippen molar-refractivity contribution in [3.8, 4) is 0 Å². The number of rotatable bonds is 5. The number of nitrogens with one attached hydrogen (secondary N) is 1. The third-order valence-corrected chi connectivity index (χ3v) is 3.54. The summed E-state index contributed by atoms with van der Waals surface area (Å²) in [7, 11) is 0. The van der Waals surface area contributed by atoms with Crippen LogP contribution in [0, 0.1) is 11.8 Å². The molecule has 17 heavy (non-hydrogen) atoms. The Morgan fingerprint density at radius 3 is 2.41 bits per heavy atom. The number of amides is 3. The molecule has 0 spiro atoms. The van der Waals surface area contributed by atoms with Crippen molar-refractivity contribution in [3.05, 3.63) is 0 Å². The number of hydrogen-bond acceptors (Lipinski definition) is 4. The Morgan fingerprint density at radius 1 is 1.47 bits per heavy atom. The summed E-state index contributed by atoms with van der Waals surface area (Å²) in [5, 5.41) is 2.94. The Hall–Kier alpha value is -1.43. The molecule has 1 aliphatic heterocycles. The zero-order valence-corrected chi connectivity index (χ0v) is 10.0. The van der Waals surface area contributed by atoms with Gasteiger partial charge in [0.1, 0.15) is 5.54 Å². The summed E-state index contributed by atoms with van der Waals surface area (Å²) in [4.78, 5) is 36.2. The van der Waals surface area contributed by atoms with Crippen molar-refractivity contribution in [1.29, 1.82) is 0 Å². The van der Waals surface area contributed by atoms with Crippen molar-refractivity contribution in [2.24, 2.45) is 17.6 Å². The molecule has 3 atom stereocenters. The molecule has 94 valence electrons. The molecule has 0 aromatic heterocycles. The minimum atomic E-state index is -1.04. The SMILES string of the molecule is CCNC(C)(CN1C(=O)C2CC2C1=O)C(N)=O. The first kappa shape index (κ1) is 12.0. The fourth-order valence-electron chi connectivity index (χ4n) is 2.33. The Balaban J connectivity index is 2.11. The van der Waals surface area contributed by atoms with Crippen LogP contribution in [0.25, 0.3) is 0 Å². The van der Waals surface area contributed by atoms with E-state index in [0.29, 0.717) is 13.0 Å². The van der Waals surface area contributed by atoms with E-state index in [4.69, 9.17) is 5.73 Å². The maximum atomic E-state index is 11.8. The van der Waals surface area contributed by atoms with E-state index in [1.165, 1.54) is 4.90 Å². The van der Waals surface area contributed by atoms with Crippen LogP contribution in [0.2, 0.25) is 0 Å². The van der Waals surface area contributed by atoms with Gasteiger partial charge in [-0.25, -0.2) is 0 Å². The van der Waals surface area contributed by atoms with Crippen LogP contribution in [-0.2, 0) is 14.4 Å². The highest BCUT2D eigenvalue weighted by Gasteiger charge is 2.59. The zero-order chi connectivity index (χ0) is 12.8. The number of piperidine rings is 1. The van der Waals surface area contributed by atoms with E-state index in [9.17, 15) is 14.4 Å². The lowest BCUT2D eigenvalue weighted by molar-refractivity contribution is -0.143. The summed E-state index contributed by atoms with van der Waals surface area (Å²) < 4.78 is 0. The summed E-state index contributed by atoms with van der Waals surface area (Å²) in [5.74, 6) is -1.15. The number of hydrogen-bond donors (Lipinski definition) is 2. The molecule has 1 saturated carbocycles. The van der Waals surface area contributed by atoms with Crippen LogP contribution in [0.15, 0.2) is 0 Å². The molecule has 3 N–H and O–H groups in total. The number of nitrogens with two attached hydrogens (primary N) is 1. The number of fused-ring (bicyclic) bond motifs is 1. The van der Waals surface area contributed by atoms with E-state index in [1.807, 2.05) is 6.92 Å². The Morgan fingerprint density at radius 2 is 2.00 bits per heavy atom. The van der Waals surface area contributed by atoms with E-state index in [0.717, 1.165) is 0 Å². The highest BCUT2D eigenvalue weighted by Crippen LogP contribution is 2.47. The molecule has 3 unspecified atom stereocenters. The van der Waals surface area contributed by atoms with E-state index in [2.05, 4.69) is 5.32 Å². The number of carbonyl (C=O) groups excluding carboxylic acids is 3. The average molecular weight is 239 g/mol. The van der Waals surface area contributed by atoms with Gasteiger partial charge in [-0.05, 0) is 19.9 Å². The van der Waals surface area contributed by atoms with Gasteiger partial charge in [-0.1, -0.05) is 6.92 Å².